The topological polar surface area (TPSA) is 72.1 Å². The molecule has 22 heavy (non-hydrogen) atoms. The zero-order valence-electron chi connectivity index (χ0n) is 12.3. The van der Waals surface area contributed by atoms with Crippen molar-refractivity contribution in [3.05, 3.63) is 30.4 Å². The van der Waals surface area contributed by atoms with E-state index in [2.05, 4.69) is 15.2 Å². The highest BCUT2D eigenvalue weighted by molar-refractivity contribution is 5.80. The van der Waals surface area contributed by atoms with Gasteiger partial charge in [-0.05, 0) is 37.8 Å². The lowest BCUT2D eigenvalue weighted by atomic mass is 9.84. The molecule has 4 rings (SSSR count). The zero-order valence-corrected chi connectivity index (χ0v) is 12.3. The highest BCUT2D eigenvalue weighted by Gasteiger charge is 2.38. The van der Waals surface area contributed by atoms with E-state index in [1.165, 1.54) is 6.42 Å². The molecule has 0 N–H and O–H groups in total. The lowest BCUT2D eigenvalue weighted by Crippen LogP contribution is -2.38. The van der Waals surface area contributed by atoms with Gasteiger partial charge in [0.15, 0.2) is 0 Å². The number of hydrogen-bond donors (Lipinski definition) is 0. The summed E-state index contributed by atoms with van der Waals surface area (Å²) in [5.41, 5.74) is 0.802. The maximum absolute atomic E-state index is 12.5. The van der Waals surface area contributed by atoms with Gasteiger partial charge in [0.1, 0.15) is 6.04 Å². The van der Waals surface area contributed by atoms with Crippen LogP contribution in [0.25, 0.3) is 11.5 Å². The Bertz CT molecular complexity index is 666. The molecule has 2 aromatic heterocycles. The van der Waals surface area contributed by atoms with E-state index in [0.29, 0.717) is 11.8 Å². The molecule has 2 aromatic rings. The normalized spacial score (nSPS) is 21.8. The minimum Gasteiger partial charge on any atom is -0.418 e. The number of rotatable bonds is 3. The van der Waals surface area contributed by atoms with Crippen molar-refractivity contribution in [2.75, 3.05) is 6.54 Å². The van der Waals surface area contributed by atoms with E-state index < -0.39 is 0 Å². The van der Waals surface area contributed by atoms with Crippen LogP contribution in [0, 0.1) is 5.92 Å². The summed E-state index contributed by atoms with van der Waals surface area (Å²) < 4.78 is 5.81. The van der Waals surface area contributed by atoms with Crippen molar-refractivity contribution in [3.63, 3.8) is 0 Å². The summed E-state index contributed by atoms with van der Waals surface area (Å²) in [6.07, 6.45) is 8.50. The fourth-order valence-corrected chi connectivity index (χ4v) is 3.15. The van der Waals surface area contributed by atoms with E-state index in [1.807, 2.05) is 17.0 Å². The van der Waals surface area contributed by atoms with Gasteiger partial charge in [-0.25, -0.2) is 0 Å². The Kier molecular flexibility index (Phi) is 3.36. The van der Waals surface area contributed by atoms with Crippen LogP contribution < -0.4 is 0 Å². The Balaban J connectivity index is 1.56. The van der Waals surface area contributed by atoms with E-state index in [1.54, 1.807) is 12.4 Å². The van der Waals surface area contributed by atoms with Gasteiger partial charge in [-0.2, -0.15) is 0 Å². The number of aromatic nitrogens is 3. The highest BCUT2D eigenvalue weighted by atomic mass is 16.4. The summed E-state index contributed by atoms with van der Waals surface area (Å²) in [6.45, 7) is 0.796. The maximum atomic E-state index is 12.5. The standard InChI is InChI=1S/C16H18N4O2/c21-16(11-4-1-5-11)20-9-3-7-13(20)15-19-18-14(22-15)12-6-2-8-17-10-12/h2,6,8,10-11,13H,1,3-5,7,9H2. The van der Waals surface area contributed by atoms with Gasteiger partial charge in [0.2, 0.25) is 17.7 Å². The van der Waals surface area contributed by atoms with Gasteiger partial charge in [0.25, 0.3) is 0 Å². The molecule has 6 nitrogen and oxygen atoms in total. The Morgan fingerprint density at radius 1 is 1.23 bits per heavy atom. The third kappa shape index (κ3) is 2.28. The number of pyridine rings is 1. The molecule has 0 aromatic carbocycles. The second-order valence-electron chi connectivity index (χ2n) is 6.00. The number of nitrogens with zero attached hydrogens (tertiary/aromatic N) is 4. The van der Waals surface area contributed by atoms with Gasteiger partial charge in [0, 0.05) is 24.9 Å². The van der Waals surface area contributed by atoms with Crippen molar-refractivity contribution in [1.29, 1.82) is 0 Å². The van der Waals surface area contributed by atoms with Crippen LogP contribution in [0.4, 0.5) is 0 Å². The molecule has 2 aliphatic rings. The molecule has 0 radical (unpaired) electrons. The summed E-state index contributed by atoms with van der Waals surface area (Å²) >= 11 is 0. The Morgan fingerprint density at radius 3 is 2.86 bits per heavy atom. The molecule has 0 bridgehead atoms. The third-order valence-electron chi connectivity index (χ3n) is 4.62. The number of carbonyl (C=O) groups excluding carboxylic acids is 1. The van der Waals surface area contributed by atoms with Crippen molar-refractivity contribution >= 4 is 5.91 Å². The average Bonchev–Trinajstić information content (AvgIpc) is 3.15. The summed E-state index contributed by atoms with van der Waals surface area (Å²) in [5.74, 6) is 1.48. The first-order valence-electron chi connectivity index (χ1n) is 7.87. The van der Waals surface area contributed by atoms with Gasteiger partial charge in [0.05, 0.1) is 5.56 Å². The Hall–Kier alpha value is -2.24. The van der Waals surface area contributed by atoms with E-state index in [9.17, 15) is 4.79 Å². The SMILES string of the molecule is O=C(C1CCC1)N1CCCC1c1nnc(-c2cccnc2)o1. The Morgan fingerprint density at radius 2 is 2.14 bits per heavy atom. The third-order valence-corrected chi connectivity index (χ3v) is 4.62. The van der Waals surface area contributed by atoms with Crippen molar-refractivity contribution in [1.82, 2.24) is 20.1 Å². The van der Waals surface area contributed by atoms with Crippen LogP contribution in [0.5, 0.6) is 0 Å². The first-order valence-corrected chi connectivity index (χ1v) is 7.87. The van der Waals surface area contributed by atoms with Crippen LogP contribution in [0.15, 0.2) is 28.9 Å². The van der Waals surface area contributed by atoms with E-state index >= 15 is 0 Å². The minimum atomic E-state index is -0.0639. The van der Waals surface area contributed by atoms with Crippen LogP contribution in [-0.4, -0.2) is 32.5 Å². The monoisotopic (exact) mass is 298 g/mol. The van der Waals surface area contributed by atoms with Crippen molar-refractivity contribution in [2.24, 2.45) is 5.92 Å². The Labute approximate surface area is 128 Å². The summed E-state index contributed by atoms with van der Waals surface area (Å²) in [6, 6.07) is 3.66. The molecular formula is C16H18N4O2. The van der Waals surface area contributed by atoms with Gasteiger partial charge >= 0.3 is 0 Å². The van der Waals surface area contributed by atoms with Gasteiger partial charge in [-0.15, -0.1) is 10.2 Å². The van der Waals surface area contributed by atoms with Crippen molar-refractivity contribution in [2.45, 2.75) is 38.1 Å². The van der Waals surface area contributed by atoms with Crippen LogP contribution in [-0.2, 0) is 4.79 Å². The highest BCUT2D eigenvalue weighted by Crippen LogP contribution is 2.37. The van der Waals surface area contributed by atoms with Crippen LogP contribution in [0.1, 0.15) is 44.0 Å². The molecule has 114 valence electrons. The molecule has 1 saturated carbocycles. The second-order valence-corrected chi connectivity index (χ2v) is 6.00. The fourth-order valence-electron chi connectivity index (χ4n) is 3.15. The predicted molar refractivity (Wildman–Crippen MR) is 78.6 cm³/mol. The van der Waals surface area contributed by atoms with Gasteiger partial charge in [-0.3, -0.25) is 9.78 Å². The first kappa shape index (κ1) is 13.4. The summed E-state index contributed by atoms with van der Waals surface area (Å²) in [4.78, 5) is 18.5. The van der Waals surface area contributed by atoms with Crippen LogP contribution in [0.2, 0.25) is 0 Å². The maximum Gasteiger partial charge on any atom is 0.249 e. The molecule has 1 aliphatic carbocycles. The molecule has 1 unspecified atom stereocenters. The van der Waals surface area contributed by atoms with E-state index in [-0.39, 0.29) is 17.9 Å². The van der Waals surface area contributed by atoms with Crippen molar-refractivity contribution in [3.8, 4) is 11.5 Å². The van der Waals surface area contributed by atoms with Gasteiger partial charge in [-0.1, -0.05) is 6.42 Å². The smallest absolute Gasteiger partial charge is 0.249 e. The molecule has 3 heterocycles. The second kappa shape index (κ2) is 5.51. The quantitative estimate of drug-likeness (QED) is 0.871. The number of carbonyl (C=O) groups is 1. The van der Waals surface area contributed by atoms with E-state index in [0.717, 1.165) is 37.8 Å². The fraction of sp³-hybridized carbons (Fsp3) is 0.500. The average molecular weight is 298 g/mol. The first-order chi connectivity index (χ1) is 10.8. The number of likely N-dealkylation sites (tertiary alicyclic amines) is 1. The van der Waals surface area contributed by atoms with Gasteiger partial charge < -0.3 is 9.32 Å². The molecule has 1 amide bonds. The molecule has 0 spiro atoms. The largest absolute Gasteiger partial charge is 0.418 e. The summed E-state index contributed by atoms with van der Waals surface area (Å²) in [5, 5.41) is 8.28. The summed E-state index contributed by atoms with van der Waals surface area (Å²) in [7, 11) is 0. The molecule has 6 heteroatoms. The molecule has 1 atom stereocenters. The zero-order chi connectivity index (χ0) is 14.9. The minimum absolute atomic E-state index is 0.0639. The van der Waals surface area contributed by atoms with Crippen molar-refractivity contribution < 1.29 is 9.21 Å². The molecule has 1 saturated heterocycles. The lowest BCUT2D eigenvalue weighted by molar-refractivity contribution is -0.139. The molecular weight excluding hydrogens is 280 g/mol. The lowest BCUT2D eigenvalue weighted by Gasteiger charge is -2.31. The number of amides is 1. The number of hydrogen-bond acceptors (Lipinski definition) is 5. The predicted octanol–water partition coefficient (Wildman–Crippen LogP) is 2.60. The van der Waals surface area contributed by atoms with E-state index in [4.69, 9.17) is 4.42 Å². The molecule has 2 fully saturated rings. The van der Waals surface area contributed by atoms with Crippen LogP contribution >= 0.6 is 0 Å². The van der Waals surface area contributed by atoms with Crippen LogP contribution in [0.3, 0.4) is 0 Å². The molecule has 1 aliphatic heterocycles.